The van der Waals surface area contributed by atoms with Crippen molar-refractivity contribution in [2.24, 2.45) is 4.99 Å². The van der Waals surface area contributed by atoms with Crippen LogP contribution in [-0.4, -0.2) is 26.6 Å². The van der Waals surface area contributed by atoms with Gasteiger partial charge in [-0.2, -0.15) is 0 Å². The topological polar surface area (TPSA) is 37.6 Å². The minimum absolute atomic E-state index is 0.0807. The van der Waals surface area contributed by atoms with Gasteiger partial charge in [-0.25, -0.2) is 4.99 Å². The lowest BCUT2D eigenvalue weighted by Crippen LogP contribution is -2.40. The number of nitrogens with zero attached hydrogens (tertiary/aromatic N) is 3. The second-order valence-electron chi connectivity index (χ2n) is 8.35. The van der Waals surface area contributed by atoms with E-state index in [0.29, 0.717) is 0 Å². The van der Waals surface area contributed by atoms with Crippen LogP contribution in [0.1, 0.15) is 37.7 Å². The van der Waals surface area contributed by atoms with E-state index in [1.54, 1.807) is 0 Å². The molecule has 2 heterocycles. The summed E-state index contributed by atoms with van der Waals surface area (Å²) in [6, 6.07) is 18.5. The molecule has 1 aliphatic heterocycles. The smallest absolute Gasteiger partial charge is 0.267 e. The lowest BCUT2D eigenvalue weighted by atomic mass is 9.94. The van der Waals surface area contributed by atoms with Gasteiger partial charge in [0.1, 0.15) is 0 Å². The molecule has 2 aromatic carbocycles. The summed E-state index contributed by atoms with van der Waals surface area (Å²) in [6.07, 6.45) is 11.7. The van der Waals surface area contributed by atoms with Crippen molar-refractivity contribution in [2.75, 3.05) is 0 Å². The summed E-state index contributed by atoms with van der Waals surface area (Å²) >= 11 is 1.50. The van der Waals surface area contributed by atoms with Crippen molar-refractivity contribution in [2.45, 2.75) is 44.7 Å². The fraction of sp³-hybridized carbons (Fsp3) is 0.259. The Hall–Kier alpha value is -3.05. The quantitative estimate of drug-likeness (QED) is 0.324. The number of thioether (sulfide) groups is 1. The predicted molar refractivity (Wildman–Crippen MR) is 135 cm³/mol. The van der Waals surface area contributed by atoms with E-state index in [2.05, 4.69) is 29.5 Å². The van der Waals surface area contributed by atoms with Crippen LogP contribution >= 0.6 is 11.8 Å². The Morgan fingerprint density at radius 3 is 2.56 bits per heavy atom. The fourth-order valence-electron chi connectivity index (χ4n) is 4.66. The van der Waals surface area contributed by atoms with Gasteiger partial charge in [0, 0.05) is 35.2 Å². The van der Waals surface area contributed by atoms with Crippen LogP contribution in [0.2, 0.25) is 0 Å². The Morgan fingerprint density at radius 1 is 1.03 bits per heavy atom. The summed E-state index contributed by atoms with van der Waals surface area (Å²) in [5, 5.41) is 1.95. The molecule has 2 aliphatic rings. The van der Waals surface area contributed by atoms with Gasteiger partial charge in [-0.3, -0.25) is 9.69 Å². The summed E-state index contributed by atoms with van der Waals surface area (Å²) in [5.74, 6) is 0.0807. The van der Waals surface area contributed by atoms with E-state index in [1.807, 2.05) is 59.5 Å². The Morgan fingerprint density at radius 2 is 1.78 bits per heavy atom. The van der Waals surface area contributed by atoms with Crippen molar-refractivity contribution in [3.8, 4) is 0 Å². The van der Waals surface area contributed by atoms with Crippen LogP contribution in [0.3, 0.4) is 0 Å². The highest BCUT2D eigenvalue weighted by molar-refractivity contribution is 8.18. The molecular weight excluding hydrogens is 414 g/mol. The monoisotopic (exact) mass is 441 g/mol. The van der Waals surface area contributed by atoms with E-state index < -0.39 is 0 Å². The molecule has 5 heteroatoms. The average Bonchev–Trinajstić information content (AvgIpc) is 3.33. The number of aromatic nitrogens is 1. The first-order valence-corrected chi connectivity index (χ1v) is 12.1. The molecule has 0 N–H and O–H groups in total. The number of rotatable bonds is 5. The minimum Gasteiger partial charge on any atom is -0.343 e. The number of fused-ring (bicyclic) bond motifs is 1. The second kappa shape index (κ2) is 9.21. The van der Waals surface area contributed by atoms with E-state index >= 15 is 0 Å². The Labute approximate surface area is 193 Å². The number of carbonyl (C=O) groups excluding carboxylic acids is 1. The van der Waals surface area contributed by atoms with Gasteiger partial charge in [0.15, 0.2) is 5.17 Å². The normalized spacial score (nSPS) is 20.0. The number of amides is 1. The Bertz CT molecular complexity index is 1200. The van der Waals surface area contributed by atoms with E-state index in [4.69, 9.17) is 4.99 Å². The molecule has 1 saturated heterocycles. The number of benzene rings is 2. The molecule has 2 fully saturated rings. The summed E-state index contributed by atoms with van der Waals surface area (Å²) in [4.78, 5) is 21.2. The van der Waals surface area contributed by atoms with Gasteiger partial charge in [-0.15, -0.1) is 6.58 Å². The third-order valence-electron chi connectivity index (χ3n) is 6.19. The largest absolute Gasteiger partial charge is 0.343 e. The molecule has 0 radical (unpaired) electrons. The van der Waals surface area contributed by atoms with Crippen LogP contribution in [0.15, 0.2) is 83.3 Å². The molecule has 32 heavy (non-hydrogen) atoms. The zero-order valence-electron chi connectivity index (χ0n) is 18.1. The summed E-state index contributed by atoms with van der Waals surface area (Å²) in [5.41, 5.74) is 3.09. The van der Waals surface area contributed by atoms with Crippen molar-refractivity contribution in [3.05, 3.63) is 83.9 Å². The molecule has 1 aliphatic carbocycles. The standard InChI is InChI=1S/C27H27N3OS/c1-2-17-29-19-20(23-15-9-10-16-24(23)29)18-25-26(31)30(22-13-7-4-8-14-22)27(32-25)28-21-11-5-3-6-12-21/h2-3,5-6,9-12,15-16,18-19,22H,1,4,7-8,13-14,17H2/b25-18-,28-27?. The van der Waals surface area contributed by atoms with Gasteiger partial charge >= 0.3 is 0 Å². The summed E-state index contributed by atoms with van der Waals surface area (Å²) < 4.78 is 2.18. The van der Waals surface area contributed by atoms with Crippen molar-refractivity contribution < 1.29 is 4.79 Å². The summed E-state index contributed by atoms with van der Waals surface area (Å²) in [7, 11) is 0. The molecule has 0 unspecified atom stereocenters. The zero-order valence-corrected chi connectivity index (χ0v) is 18.9. The van der Waals surface area contributed by atoms with E-state index in [1.165, 1.54) is 31.0 Å². The highest BCUT2D eigenvalue weighted by atomic mass is 32.2. The van der Waals surface area contributed by atoms with Crippen molar-refractivity contribution >= 4 is 45.5 Å². The molecule has 0 bridgehead atoms. The number of para-hydroxylation sites is 2. The molecule has 0 spiro atoms. The lowest BCUT2D eigenvalue weighted by Gasteiger charge is -2.30. The molecule has 162 valence electrons. The van der Waals surface area contributed by atoms with Gasteiger partial charge in [-0.1, -0.05) is 61.7 Å². The van der Waals surface area contributed by atoms with Gasteiger partial charge in [0.05, 0.1) is 10.6 Å². The predicted octanol–water partition coefficient (Wildman–Crippen LogP) is 6.76. The molecule has 4 nitrogen and oxygen atoms in total. The Balaban J connectivity index is 1.56. The molecule has 1 amide bonds. The van der Waals surface area contributed by atoms with Crippen molar-refractivity contribution in [1.29, 1.82) is 0 Å². The van der Waals surface area contributed by atoms with E-state index in [0.717, 1.165) is 51.6 Å². The molecule has 0 atom stereocenters. The van der Waals surface area contributed by atoms with Gasteiger partial charge in [-0.05, 0) is 48.9 Å². The maximum absolute atomic E-state index is 13.6. The number of hydrogen-bond donors (Lipinski definition) is 0. The first-order valence-electron chi connectivity index (χ1n) is 11.3. The number of allylic oxidation sites excluding steroid dienone is 1. The molecule has 1 saturated carbocycles. The van der Waals surface area contributed by atoms with Crippen LogP contribution in [0, 0.1) is 0 Å². The van der Waals surface area contributed by atoms with Crippen LogP contribution in [0.5, 0.6) is 0 Å². The van der Waals surface area contributed by atoms with Crippen LogP contribution < -0.4 is 0 Å². The lowest BCUT2D eigenvalue weighted by molar-refractivity contribution is -0.124. The van der Waals surface area contributed by atoms with Crippen LogP contribution in [0.25, 0.3) is 17.0 Å². The fourth-order valence-corrected chi connectivity index (χ4v) is 5.71. The van der Waals surface area contributed by atoms with E-state index in [-0.39, 0.29) is 11.9 Å². The molecule has 5 rings (SSSR count). The molecular formula is C27H27N3OS. The minimum atomic E-state index is 0.0807. The SMILES string of the molecule is C=CCn1cc(/C=C2\SC(=Nc3ccccc3)N(C3CCCCC3)C2=O)c2ccccc21. The molecule has 3 aromatic rings. The first kappa shape index (κ1) is 20.8. The number of aliphatic imine (C=N–C) groups is 1. The van der Waals surface area contributed by atoms with Gasteiger partial charge < -0.3 is 4.57 Å². The van der Waals surface area contributed by atoms with E-state index in [9.17, 15) is 4.79 Å². The number of carbonyl (C=O) groups is 1. The third-order valence-corrected chi connectivity index (χ3v) is 7.17. The maximum atomic E-state index is 13.6. The van der Waals surface area contributed by atoms with Crippen LogP contribution in [-0.2, 0) is 11.3 Å². The maximum Gasteiger partial charge on any atom is 0.267 e. The van der Waals surface area contributed by atoms with Crippen LogP contribution in [0.4, 0.5) is 5.69 Å². The third kappa shape index (κ3) is 4.05. The number of amidine groups is 1. The first-order chi connectivity index (χ1) is 15.7. The zero-order chi connectivity index (χ0) is 21.9. The molecule has 1 aromatic heterocycles. The summed E-state index contributed by atoms with van der Waals surface area (Å²) in [6.45, 7) is 4.62. The average molecular weight is 442 g/mol. The Kier molecular flexibility index (Phi) is 5.99. The van der Waals surface area contributed by atoms with Gasteiger partial charge in [0.25, 0.3) is 5.91 Å². The second-order valence-corrected chi connectivity index (χ2v) is 9.36. The van der Waals surface area contributed by atoms with Crippen molar-refractivity contribution in [3.63, 3.8) is 0 Å². The van der Waals surface area contributed by atoms with Gasteiger partial charge in [0.2, 0.25) is 0 Å². The highest BCUT2D eigenvalue weighted by Crippen LogP contribution is 2.39. The number of hydrogen-bond acceptors (Lipinski definition) is 3. The highest BCUT2D eigenvalue weighted by Gasteiger charge is 2.38. The van der Waals surface area contributed by atoms with Crippen molar-refractivity contribution in [1.82, 2.24) is 9.47 Å².